The van der Waals surface area contributed by atoms with Crippen molar-refractivity contribution >= 4 is 21.6 Å². The molecule has 86 valence electrons. The highest BCUT2D eigenvalue weighted by molar-refractivity contribution is 9.10. The van der Waals surface area contributed by atoms with Gasteiger partial charge in [0.05, 0.1) is 16.0 Å². The normalized spacial score (nSPS) is 10.9. The summed E-state index contributed by atoms with van der Waals surface area (Å²) in [7, 11) is 0. The highest BCUT2D eigenvalue weighted by Crippen LogP contribution is 2.22. The lowest BCUT2D eigenvalue weighted by Gasteiger charge is -2.15. The van der Waals surface area contributed by atoms with Gasteiger partial charge in [0, 0.05) is 12.2 Å². The molecule has 1 rings (SSSR count). The first kappa shape index (κ1) is 13.0. The molecule has 16 heavy (non-hydrogen) atoms. The van der Waals surface area contributed by atoms with E-state index in [1.807, 2.05) is 13.8 Å². The van der Waals surface area contributed by atoms with Crippen LogP contribution in [-0.2, 0) is 0 Å². The second kappa shape index (κ2) is 5.31. The first-order valence-corrected chi connectivity index (χ1v) is 5.84. The van der Waals surface area contributed by atoms with Crippen molar-refractivity contribution in [2.45, 2.75) is 20.3 Å². The minimum atomic E-state index is -0.329. The smallest absolute Gasteiger partial charge is 0.137 e. The summed E-state index contributed by atoms with van der Waals surface area (Å²) in [5.74, 6) is -0.275. The van der Waals surface area contributed by atoms with Crippen molar-refractivity contribution in [1.29, 1.82) is 5.26 Å². The quantitative estimate of drug-likeness (QED) is 0.909. The third-order valence-electron chi connectivity index (χ3n) is 2.30. The Morgan fingerprint density at radius 3 is 2.75 bits per heavy atom. The number of nitrogens with zero attached hydrogens (tertiary/aromatic N) is 1. The van der Waals surface area contributed by atoms with E-state index in [2.05, 4.69) is 27.3 Å². The van der Waals surface area contributed by atoms with Gasteiger partial charge in [-0.15, -0.1) is 0 Å². The van der Waals surface area contributed by atoms with E-state index in [0.29, 0.717) is 11.0 Å². The molecule has 0 radical (unpaired) electrons. The summed E-state index contributed by atoms with van der Waals surface area (Å²) in [5, 5.41) is 12.0. The second-order valence-corrected chi connectivity index (χ2v) is 5.16. The number of rotatable bonds is 4. The molecule has 0 aliphatic carbocycles. The Morgan fingerprint density at radius 2 is 2.19 bits per heavy atom. The number of halogens is 2. The van der Waals surface area contributed by atoms with Crippen LogP contribution >= 0.6 is 15.9 Å². The van der Waals surface area contributed by atoms with Crippen molar-refractivity contribution in [2.75, 3.05) is 11.9 Å². The molecule has 1 N–H and O–H groups in total. The van der Waals surface area contributed by atoms with Crippen LogP contribution in [0.3, 0.4) is 0 Å². The van der Waals surface area contributed by atoms with Crippen LogP contribution in [0.1, 0.15) is 20.3 Å². The van der Waals surface area contributed by atoms with E-state index in [4.69, 9.17) is 5.26 Å². The van der Waals surface area contributed by atoms with E-state index in [1.165, 1.54) is 6.07 Å². The van der Waals surface area contributed by atoms with Crippen LogP contribution < -0.4 is 5.32 Å². The Kier molecular flexibility index (Phi) is 4.31. The summed E-state index contributed by atoms with van der Waals surface area (Å²) in [6.45, 7) is 4.49. The second-order valence-electron chi connectivity index (χ2n) is 4.30. The van der Waals surface area contributed by atoms with Crippen LogP contribution in [0.25, 0.3) is 0 Å². The average Bonchev–Trinajstić information content (AvgIpc) is 2.23. The summed E-state index contributed by atoms with van der Waals surface area (Å²) in [6, 6.07) is 7.01. The zero-order valence-electron chi connectivity index (χ0n) is 9.35. The summed E-state index contributed by atoms with van der Waals surface area (Å²) in [4.78, 5) is 0. The lowest BCUT2D eigenvalue weighted by Crippen LogP contribution is -2.14. The molecule has 2 nitrogen and oxygen atoms in total. The van der Waals surface area contributed by atoms with E-state index in [1.54, 1.807) is 12.1 Å². The summed E-state index contributed by atoms with van der Waals surface area (Å²) < 4.78 is 13.4. The zero-order chi connectivity index (χ0) is 12.2. The fourth-order valence-corrected chi connectivity index (χ4v) is 1.56. The highest BCUT2D eigenvalue weighted by Gasteiger charge is 2.15. The molecule has 0 atom stereocenters. The number of nitrogens with one attached hydrogen (secondary N) is 1. The molecule has 0 fully saturated rings. The van der Waals surface area contributed by atoms with E-state index in [0.717, 1.165) is 12.1 Å². The molecule has 0 amide bonds. The Bertz CT molecular complexity index is 410. The lowest BCUT2D eigenvalue weighted by molar-refractivity contribution is 0.466. The third-order valence-corrected chi connectivity index (χ3v) is 2.91. The van der Waals surface area contributed by atoms with Gasteiger partial charge < -0.3 is 5.32 Å². The number of nitriles is 1. The van der Waals surface area contributed by atoms with Crippen molar-refractivity contribution < 1.29 is 4.39 Å². The van der Waals surface area contributed by atoms with Crippen LogP contribution in [0.5, 0.6) is 0 Å². The molecule has 0 saturated heterocycles. The first-order chi connectivity index (χ1) is 7.44. The molecule has 1 aromatic carbocycles. The van der Waals surface area contributed by atoms with Crippen molar-refractivity contribution in [3.63, 3.8) is 0 Å². The molecule has 0 unspecified atom stereocenters. The number of hydrogen-bond donors (Lipinski definition) is 1. The molecule has 0 heterocycles. The molecule has 0 bridgehead atoms. The molecule has 1 aromatic rings. The fourth-order valence-electron chi connectivity index (χ4n) is 1.18. The van der Waals surface area contributed by atoms with Crippen LogP contribution in [0.15, 0.2) is 22.7 Å². The number of hydrogen-bond acceptors (Lipinski definition) is 2. The molecular formula is C12H14BrFN2. The van der Waals surface area contributed by atoms with Crippen LogP contribution in [0.4, 0.5) is 10.1 Å². The highest BCUT2D eigenvalue weighted by atomic mass is 79.9. The third kappa shape index (κ3) is 3.82. The van der Waals surface area contributed by atoms with E-state index in [-0.39, 0.29) is 11.2 Å². The van der Waals surface area contributed by atoms with Gasteiger partial charge in [-0.2, -0.15) is 5.26 Å². The predicted molar refractivity (Wildman–Crippen MR) is 66.6 cm³/mol. The van der Waals surface area contributed by atoms with Gasteiger partial charge in [-0.05, 0) is 54.4 Å². The van der Waals surface area contributed by atoms with Crippen molar-refractivity contribution in [1.82, 2.24) is 0 Å². The monoisotopic (exact) mass is 284 g/mol. The SMILES string of the molecule is CC(C)(C#N)CCNc1ccc(F)c(Br)c1. The largest absolute Gasteiger partial charge is 0.385 e. The minimum absolute atomic E-state index is 0.275. The standard InChI is InChI=1S/C12H14BrFN2/c1-12(2,8-15)5-6-16-9-3-4-11(14)10(13)7-9/h3-4,7,16H,5-6H2,1-2H3. The maximum atomic E-state index is 12.9. The molecule has 0 aliphatic rings. The Hall–Kier alpha value is -1.08. The summed E-state index contributed by atoms with van der Waals surface area (Å²) in [6.07, 6.45) is 0.749. The van der Waals surface area contributed by atoms with Crippen molar-refractivity contribution in [3.8, 4) is 6.07 Å². The van der Waals surface area contributed by atoms with E-state index in [9.17, 15) is 4.39 Å². The van der Waals surface area contributed by atoms with Gasteiger partial charge in [-0.25, -0.2) is 4.39 Å². The number of benzene rings is 1. The van der Waals surface area contributed by atoms with Gasteiger partial charge in [0.1, 0.15) is 5.82 Å². The maximum absolute atomic E-state index is 12.9. The predicted octanol–water partition coefficient (Wildman–Crippen LogP) is 3.94. The van der Waals surface area contributed by atoms with E-state index >= 15 is 0 Å². The first-order valence-electron chi connectivity index (χ1n) is 5.05. The van der Waals surface area contributed by atoms with Crippen LogP contribution in [-0.4, -0.2) is 6.54 Å². The fraction of sp³-hybridized carbons (Fsp3) is 0.417. The average molecular weight is 285 g/mol. The van der Waals surface area contributed by atoms with E-state index < -0.39 is 0 Å². The number of anilines is 1. The Balaban J connectivity index is 2.50. The minimum Gasteiger partial charge on any atom is -0.385 e. The lowest BCUT2D eigenvalue weighted by atomic mass is 9.91. The van der Waals surface area contributed by atoms with Gasteiger partial charge in [0.15, 0.2) is 0 Å². The molecule has 0 saturated carbocycles. The molecule has 4 heteroatoms. The topological polar surface area (TPSA) is 35.8 Å². The summed E-state index contributed by atoms with van der Waals surface area (Å²) >= 11 is 3.12. The molecule has 0 aliphatic heterocycles. The Morgan fingerprint density at radius 1 is 1.50 bits per heavy atom. The van der Waals surface area contributed by atoms with Crippen molar-refractivity contribution in [3.05, 3.63) is 28.5 Å². The van der Waals surface area contributed by atoms with Crippen LogP contribution in [0.2, 0.25) is 0 Å². The van der Waals surface area contributed by atoms with Gasteiger partial charge in [-0.3, -0.25) is 0 Å². The Labute approximate surface area is 104 Å². The summed E-state index contributed by atoms with van der Waals surface area (Å²) in [5.41, 5.74) is 0.520. The van der Waals surface area contributed by atoms with Crippen molar-refractivity contribution in [2.24, 2.45) is 5.41 Å². The van der Waals surface area contributed by atoms with Crippen LogP contribution in [0, 0.1) is 22.6 Å². The maximum Gasteiger partial charge on any atom is 0.137 e. The van der Waals surface area contributed by atoms with Gasteiger partial charge in [-0.1, -0.05) is 0 Å². The van der Waals surface area contributed by atoms with Gasteiger partial charge >= 0.3 is 0 Å². The molecular weight excluding hydrogens is 271 g/mol. The zero-order valence-corrected chi connectivity index (χ0v) is 10.9. The molecule has 0 aromatic heterocycles. The van der Waals surface area contributed by atoms with Gasteiger partial charge in [0.25, 0.3) is 0 Å². The molecule has 0 spiro atoms. The van der Waals surface area contributed by atoms with Gasteiger partial charge in [0.2, 0.25) is 0 Å².